The lowest BCUT2D eigenvalue weighted by Crippen LogP contribution is -2.00. The van der Waals surface area contributed by atoms with Gasteiger partial charge in [0.1, 0.15) is 0 Å². The molecule has 0 aromatic heterocycles. The fraction of sp³-hybridized carbons (Fsp3) is 0.286. The van der Waals surface area contributed by atoms with Crippen LogP contribution in [0.15, 0.2) is 40.2 Å². The van der Waals surface area contributed by atoms with E-state index in [1.807, 2.05) is 32.1 Å². The van der Waals surface area contributed by atoms with Crippen LogP contribution in [0.5, 0.6) is 0 Å². The van der Waals surface area contributed by atoms with Gasteiger partial charge in [-0.2, -0.15) is 0 Å². The molecule has 2 rings (SSSR count). The molecule has 0 fully saturated rings. The second-order valence-electron chi connectivity index (χ2n) is 4.26. The Morgan fingerprint density at radius 3 is 2.25 bits per heavy atom. The summed E-state index contributed by atoms with van der Waals surface area (Å²) < 4.78 is 12.4. The molecule has 0 aliphatic heterocycles. The average Bonchev–Trinajstić information content (AvgIpc) is 2.67. The first-order valence-corrected chi connectivity index (χ1v) is 6.60. The van der Waals surface area contributed by atoms with Crippen molar-refractivity contribution in [3.05, 3.63) is 52.0 Å². The van der Waals surface area contributed by atoms with E-state index in [9.17, 15) is 4.21 Å². The molecule has 0 N–H and O–H groups in total. The van der Waals surface area contributed by atoms with Crippen molar-refractivity contribution in [3.8, 4) is 0 Å². The van der Waals surface area contributed by atoms with Crippen molar-refractivity contribution in [2.24, 2.45) is 0 Å². The Morgan fingerprint density at radius 2 is 1.75 bits per heavy atom. The predicted molar refractivity (Wildman–Crippen MR) is 68.9 cm³/mol. The highest BCUT2D eigenvalue weighted by Crippen LogP contribution is 2.27. The third-order valence-corrected chi connectivity index (χ3v) is 4.56. The molecule has 1 unspecified atom stereocenters. The maximum atomic E-state index is 12.4. The zero-order chi connectivity index (χ0) is 11.7. The maximum Gasteiger partial charge on any atom is 0.0816 e. The van der Waals surface area contributed by atoms with E-state index in [0.717, 1.165) is 27.3 Å². The lowest BCUT2D eigenvalue weighted by Gasteiger charge is -2.11. The molecule has 0 bridgehead atoms. The Bertz CT molecular complexity index is 486. The molecule has 0 heterocycles. The van der Waals surface area contributed by atoms with Crippen LogP contribution in [-0.4, -0.2) is 4.21 Å². The first kappa shape index (κ1) is 11.3. The van der Waals surface area contributed by atoms with Crippen LogP contribution in [0.1, 0.15) is 23.1 Å². The molecule has 16 heavy (non-hydrogen) atoms. The smallest absolute Gasteiger partial charge is 0.0816 e. The van der Waals surface area contributed by atoms with Crippen molar-refractivity contribution in [1.82, 2.24) is 0 Å². The summed E-state index contributed by atoms with van der Waals surface area (Å²) in [4.78, 5) is 2.00. The monoisotopic (exact) mass is 232 g/mol. The summed E-state index contributed by atoms with van der Waals surface area (Å²) in [6.45, 7) is 6.15. The van der Waals surface area contributed by atoms with Crippen molar-refractivity contribution >= 4 is 10.8 Å². The molecule has 2 heteroatoms. The van der Waals surface area contributed by atoms with E-state index < -0.39 is 10.8 Å². The van der Waals surface area contributed by atoms with Crippen LogP contribution in [0.25, 0.3) is 0 Å². The van der Waals surface area contributed by atoms with Crippen molar-refractivity contribution in [2.45, 2.75) is 32.1 Å². The Balaban J connectivity index is 2.44. The van der Waals surface area contributed by atoms with Crippen molar-refractivity contribution in [3.63, 3.8) is 0 Å². The van der Waals surface area contributed by atoms with E-state index in [0.29, 0.717) is 0 Å². The van der Waals surface area contributed by atoms with Crippen LogP contribution in [0.2, 0.25) is 0 Å². The summed E-state index contributed by atoms with van der Waals surface area (Å²) in [7, 11) is -0.992. The third kappa shape index (κ3) is 2.03. The van der Waals surface area contributed by atoms with E-state index in [1.165, 1.54) is 5.56 Å². The molecule has 0 amide bonds. The second kappa shape index (κ2) is 4.38. The van der Waals surface area contributed by atoms with E-state index in [-0.39, 0.29) is 0 Å². The van der Waals surface area contributed by atoms with Crippen LogP contribution in [0.4, 0.5) is 0 Å². The van der Waals surface area contributed by atoms with E-state index in [4.69, 9.17) is 0 Å². The van der Waals surface area contributed by atoms with Crippen molar-refractivity contribution in [2.75, 3.05) is 0 Å². The van der Waals surface area contributed by atoms with Gasteiger partial charge in [0.15, 0.2) is 0 Å². The molecule has 1 nitrogen and oxygen atoms in total. The maximum absolute atomic E-state index is 12.4. The van der Waals surface area contributed by atoms with Gasteiger partial charge < -0.3 is 0 Å². The Hall–Kier alpha value is -1.15. The minimum Gasteiger partial charge on any atom is -0.249 e. The van der Waals surface area contributed by atoms with E-state index in [1.54, 1.807) is 0 Å². The molecule has 1 atom stereocenters. The summed E-state index contributed by atoms with van der Waals surface area (Å²) in [5.41, 5.74) is 3.49. The van der Waals surface area contributed by atoms with Crippen LogP contribution in [0, 0.1) is 20.8 Å². The molecule has 84 valence electrons. The molecule has 1 aliphatic carbocycles. The van der Waals surface area contributed by atoms with Gasteiger partial charge in [-0.1, -0.05) is 29.8 Å². The van der Waals surface area contributed by atoms with Gasteiger partial charge in [0.05, 0.1) is 10.8 Å². The van der Waals surface area contributed by atoms with Gasteiger partial charge >= 0.3 is 0 Å². The highest BCUT2D eigenvalue weighted by Gasteiger charge is 2.15. The summed E-state index contributed by atoms with van der Waals surface area (Å²) in [6, 6.07) is 4.20. The fourth-order valence-electron chi connectivity index (χ4n) is 2.16. The molecular weight excluding hydrogens is 216 g/mol. The fourth-order valence-corrected chi connectivity index (χ4v) is 3.57. The first-order valence-electron chi connectivity index (χ1n) is 5.45. The summed E-state index contributed by atoms with van der Waals surface area (Å²) in [6.07, 6.45) is 6.81. The average molecular weight is 232 g/mol. The minimum absolute atomic E-state index is 0.819. The van der Waals surface area contributed by atoms with Gasteiger partial charge in [-0.05, 0) is 44.4 Å². The van der Waals surface area contributed by atoms with Gasteiger partial charge in [0.2, 0.25) is 0 Å². The van der Waals surface area contributed by atoms with Crippen LogP contribution >= 0.6 is 0 Å². The van der Waals surface area contributed by atoms with E-state index >= 15 is 0 Å². The number of allylic oxidation sites excluding steroid dienone is 4. The lowest BCUT2D eigenvalue weighted by molar-refractivity contribution is 0.685. The molecule has 0 saturated heterocycles. The Kier molecular flexibility index (Phi) is 3.10. The topological polar surface area (TPSA) is 17.1 Å². The molecule has 1 aromatic carbocycles. The zero-order valence-electron chi connectivity index (χ0n) is 9.91. The van der Waals surface area contributed by atoms with Gasteiger partial charge in [-0.3, -0.25) is 0 Å². The first-order chi connectivity index (χ1) is 7.59. The minimum atomic E-state index is -0.992. The summed E-state index contributed by atoms with van der Waals surface area (Å²) >= 11 is 0. The summed E-state index contributed by atoms with van der Waals surface area (Å²) in [5, 5.41) is 0. The number of benzene rings is 1. The highest BCUT2D eigenvalue weighted by molar-refractivity contribution is 7.89. The molecule has 0 spiro atoms. The SMILES string of the molecule is Cc1cc(C)c(S(=O)C2=CC=CC2)c(C)c1. The lowest BCUT2D eigenvalue weighted by atomic mass is 10.1. The number of rotatable bonds is 2. The van der Waals surface area contributed by atoms with Crippen molar-refractivity contribution < 1.29 is 4.21 Å². The molecule has 0 saturated carbocycles. The van der Waals surface area contributed by atoms with Crippen molar-refractivity contribution in [1.29, 1.82) is 0 Å². The quantitative estimate of drug-likeness (QED) is 0.762. The highest BCUT2D eigenvalue weighted by atomic mass is 32.2. The van der Waals surface area contributed by atoms with Crippen LogP contribution in [0.3, 0.4) is 0 Å². The zero-order valence-corrected chi connectivity index (χ0v) is 10.7. The van der Waals surface area contributed by atoms with Gasteiger partial charge in [0.25, 0.3) is 0 Å². The molecule has 1 aromatic rings. The van der Waals surface area contributed by atoms with Gasteiger partial charge in [0, 0.05) is 9.80 Å². The predicted octanol–water partition coefficient (Wildman–Crippen LogP) is 3.56. The summed E-state index contributed by atoms with van der Waals surface area (Å²) in [5.74, 6) is 0. The Labute approximate surface area is 99.3 Å². The second-order valence-corrected chi connectivity index (χ2v) is 5.73. The standard InChI is InChI=1S/C14H16OS/c1-10-8-11(2)14(12(3)9-10)16(15)13-6-4-5-7-13/h4-6,8-9H,7H2,1-3H3. The Morgan fingerprint density at radius 1 is 1.12 bits per heavy atom. The largest absolute Gasteiger partial charge is 0.249 e. The van der Waals surface area contributed by atoms with E-state index in [2.05, 4.69) is 19.1 Å². The molecule has 0 radical (unpaired) electrons. The molecular formula is C14H16OS. The van der Waals surface area contributed by atoms with Crippen LogP contribution < -0.4 is 0 Å². The van der Waals surface area contributed by atoms with Crippen LogP contribution in [-0.2, 0) is 10.8 Å². The number of hydrogen-bond donors (Lipinski definition) is 0. The van der Waals surface area contributed by atoms with Gasteiger partial charge in [-0.15, -0.1) is 0 Å². The van der Waals surface area contributed by atoms with Gasteiger partial charge in [-0.25, -0.2) is 4.21 Å². The third-order valence-electron chi connectivity index (χ3n) is 2.77. The number of aryl methyl sites for hydroxylation is 3. The normalized spacial score (nSPS) is 16.3. The number of hydrogen-bond acceptors (Lipinski definition) is 1. The molecule has 1 aliphatic rings.